The third-order valence-electron chi connectivity index (χ3n) is 2.96. The highest BCUT2D eigenvalue weighted by Crippen LogP contribution is 2.22. The summed E-state index contributed by atoms with van der Waals surface area (Å²) in [6.07, 6.45) is 2.71. The van der Waals surface area contributed by atoms with E-state index in [4.69, 9.17) is 9.47 Å². The first kappa shape index (κ1) is 12.2. The SMILES string of the molecule is COc1cc(F)cc(NCC2CCC(C)O2)c1. The van der Waals surface area contributed by atoms with Crippen molar-refractivity contribution in [3.63, 3.8) is 0 Å². The molecule has 1 aliphatic rings. The van der Waals surface area contributed by atoms with E-state index in [2.05, 4.69) is 12.2 Å². The first-order valence-electron chi connectivity index (χ1n) is 5.91. The molecule has 0 radical (unpaired) electrons. The third kappa shape index (κ3) is 3.33. The number of benzene rings is 1. The smallest absolute Gasteiger partial charge is 0.128 e. The Balaban J connectivity index is 1.92. The van der Waals surface area contributed by atoms with Gasteiger partial charge in [-0.1, -0.05) is 0 Å². The van der Waals surface area contributed by atoms with Crippen molar-refractivity contribution in [2.45, 2.75) is 32.0 Å². The second-order valence-electron chi connectivity index (χ2n) is 4.41. The number of ether oxygens (including phenoxy) is 2. The fraction of sp³-hybridized carbons (Fsp3) is 0.538. The molecule has 0 aliphatic carbocycles. The molecular weight excluding hydrogens is 221 g/mol. The van der Waals surface area contributed by atoms with E-state index in [1.165, 1.54) is 19.2 Å². The molecule has 0 aromatic heterocycles. The molecule has 1 aliphatic heterocycles. The molecular formula is C13H18FNO2. The predicted molar refractivity (Wildman–Crippen MR) is 65.0 cm³/mol. The van der Waals surface area contributed by atoms with E-state index < -0.39 is 0 Å². The molecule has 1 saturated heterocycles. The largest absolute Gasteiger partial charge is 0.497 e. The van der Waals surface area contributed by atoms with Crippen molar-refractivity contribution in [1.29, 1.82) is 0 Å². The van der Waals surface area contributed by atoms with Gasteiger partial charge in [-0.05, 0) is 25.8 Å². The molecule has 1 N–H and O–H groups in total. The number of nitrogens with one attached hydrogen (secondary N) is 1. The van der Waals surface area contributed by atoms with Crippen LogP contribution in [0.3, 0.4) is 0 Å². The molecule has 1 aromatic carbocycles. The Labute approximate surface area is 101 Å². The number of anilines is 1. The van der Waals surface area contributed by atoms with Gasteiger partial charge in [0, 0.05) is 24.4 Å². The molecule has 3 nitrogen and oxygen atoms in total. The molecule has 4 heteroatoms. The van der Waals surface area contributed by atoms with Gasteiger partial charge in [-0.25, -0.2) is 4.39 Å². The standard InChI is InChI=1S/C13H18FNO2/c1-9-3-4-12(17-9)8-15-11-5-10(14)6-13(7-11)16-2/h5-7,9,12,15H,3-4,8H2,1-2H3. The van der Waals surface area contributed by atoms with Gasteiger partial charge in [0.25, 0.3) is 0 Å². The summed E-state index contributed by atoms with van der Waals surface area (Å²) >= 11 is 0. The van der Waals surface area contributed by atoms with E-state index in [1.54, 1.807) is 6.07 Å². The Hall–Kier alpha value is -1.29. The average molecular weight is 239 g/mol. The Morgan fingerprint density at radius 1 is 1.41 bits per heavy atom. The van der Waals surface area contributed by atoms with E-state index in [9.17, 15) is 4.39 Å². The molecule has 0 amide bonds. The van der Waals surface area contributed by atoms with Crippen molar-refractivity contribution in [2.75, 3.05) is 19.0 Å². The molecule has 17 heavy (non-hydrogen) atoms. The summed E-state index contributed by atoms with van der Waals surface area (Å²) in [5, 5.41) is 3.18. The minimum Gasteiger partial charge on any atom is -0.497 e. The Morgan fingerprint density at radius 3 is 2.88 bits per heavy atom. The second-order valence-corrected chi connectivity index (χ2v) is 4.41. The highest BCUT2D eigenvalue weighted by molar-refractivity contribution is 5.48. The number of hydrogen-bond acceptors (Lipinski definition) is 3. The number of hydrogen-bond donors (Lipinski definition) is 1. The maximum Gasteiger partial charge on any atom is 0.128 e. The molecule has 94 valence electrons. The lowest BCUT2D eigenvalue weighted by Crippen LogP contribution is -2.19. The summed E-state index contributed by atoms with van der Waals surface area (Å²) in [6.45, 7) is 2.78. The third-order valence-corrected chi connectivity index (χ3v) is 2.96. The van der Waals surface area contributed by atoms with Gasteiger partial charge in [-0.2, -0.15) is 0 Å². The molecule has 2 rings (SSSR count). The van der Waals surface area contributed by atoms with Crippen molar-refractivity contribution in [1.82, 2.24) is 0 Å². The molecule has 0 saturated carbocycles. The van der Waals surface area contributed by atoms with Crippen molar-refractivity contribution in [3.05, 3.63) is 24.0 Å². The summed E-state index contributed by atoms with van der Waals surface area (Å²) in [7, 11) is 1.53. The van der Waals surface area contributed by atoms with Crippen LogP contribution < -0.4 is 10.1 Å². The Morgan fingerprint density at radius 2 is 2.24 bits per heavy atom. The van der Waals surface area contributed by atoms with Crippen LogP contribution in [0.5, 0.6) is 5.75 Å². The van der Waals surface area contributed by atoms with E-state index in [-0.39, 0.29) is 11.9 Å². The first-order chi connectivity index (χ1) is 8.17. The normalized spacial score (nSPS) is 23.7. The second kappa shape index (κ2) is 5.36. The van der Waals surface area contributed by atoms with Gasteiger partial charge in [-0.15, -0.1) is 0 Å². The minimum absolute atomic E-state index is 0.222. The van der Waals surface area contributed by atoms with Crippen LogP contribution in [0.4, 0.5) is 10.1 Å². The summed E-state index contributed by atoms with van der Waals surface area (Å²) in [4.78, 5) is 0. The molecule has 2 atom stereocenters. The summed E-state index contributed by atoms with van der Waals surface area (Å²) in [5.41, 5.74) is 0.727. The topological polar surface area (TPSA) is 30.5 Å². The summed E-state index contributed by atoms with van der Waals surface area (Å²) in [6, 6.07) is 4.60. The average Bonchev–Trinajstić information content (AvgIpc) is 2.72. The van der Waals surface area contributed by atoms with Gasteiger partial charge in [0.1, 0.15) is 11.6 Å². The number of rotatable bonds is 4. The van der Waals surface area contributed by atoms with Crippen LogP contribution in [0.25, 0.3) is 0 Å². The van der Waals surface area contributed by atoms with Gasteiger partial charge in [0.05, 0.1) is 19.3 Å². The van der Waals surface area contributed by atoms with Crippen LogP contribution in [0, 0.1) is 5.82 Å². The maximum atomic E-state index is 13.2. The minimum atomic E-state index is -0.299. The van der Waals surface area contributed by atoms with Crippen LogP contribution in [0.15, 0.2) is 18.2 Å². The highest BCUT2D eigenvalue weighted by atomic mass is 19.1. The Kier molecular flexibility index (Phi) is 3.84. The maximum absolute atomic E-state index is 13.2. The summed E-state index contributed by atoms with van der Waals surface area (Å²) < 4.78 is 23.9. The van der Waals surface area contributed by atoms with Gasteiger partial charge in [-0.3, -0.25) is 0 Å². The lowest BCUT2D eigenvalue weighted by molar-refractivity contribution is 0.0637. The fourth-order valence-corrected chi connectivity index (χ4v) is 2.05. The number of halogens is 1. The van der Waals surface area contributed by atoms with Crippen LogP contribution in [0.2, 0.25) is 0 Å². The predicted octanol–water partition coefficient (Wildman–Crippen LogP) is 2.81. The van der Waals surface area contributed by atoms with Gasteiger partial charge in [0.15, 0.2) is 0 Å². The van der Waals surface area contributed by atoms with Crippen molar-refractivity contribution < 1.29 is 13.9 Å². The molecule has 0 spiro atoms. The van der Waals surface area contributed by atoms with E-state index >= 15 is 0 Å². The van der Waals surface area contributed by atoms with Gasteiger partial charge < -0.3 is 14.8 Å². The van der Waals surface area contributed by atoms with Crippen molar-refractivity contribution >= 4 is 5.69 Å². The number of methoxy groups -OCH3 is 1. The fourth-order valence-electron chi connectivity index (χ4n) is 2.05. The van der Waals surface area contributed by atoms with Crippen LogP contribution in [-0.2, 0) is 4.74 Å². The Bertz CT molecular complexity index is 384. The molecule has 0 bridgehead atoms. The van der Waals surface area contributed by atoms with E-state index in [0.29, 0.717) is 18.4 Å². The van der Waals surface area contributed by atoms with Crippen molar-refractivity contribution in [3.8, 4) is 5.75 Å². The zero-order valence-electron chi connectivity index (χ0n) is 10.2. The zero-order chi connectivity index (χ0) is 12.3. The van der Waals surface area contributed by atoms with Gasteiger partial charge in [0.2, 0.25) is 0 Å². The summed E-state index contributed by atoms with van der Waals surface area (Å²) in [5.74, 6) is 0.223. The molecule has 1 heterocycles. The molecule has 1 fully saturated rings. The monoisotopic (exact) mass is 239 g/mol. The zero-order valence-corrected chi connectivity index (χ0v) is 10.2. The lowest BCUT2D eigenvalue weighted by Gasteiger charge is -2.13. The first-order valence-corrected chi connectivity index (χ1v) is 5.91. The van der Waals surface area contributed by atoms with E-state index in [0.717, 1.165) is 18.5 Å². The highest BCUT2D eigenvalue weighted by Gasteiger charge is 2.21. The molecule has 1 aromatic rings. The van der Waals surface area contributed by atoms with Gasteiger partial charge >= 0.3 is 0 Å². The van der Waals surface area contributed by atoms with Crippen LogP contribution >= 0.6 is 0 Å². The van der Waals surface area contributed by atoms with Crippen molar-refractivity contribution in [2.24, 2.45) is 0 Å². The van der Waals surface area contributed by atoms with Crippen LogP contribution in [-0.4, -0.2) is 25.9 Å². The lowest BCUT2D eigenvalue weighted by atomic mass is 10.2. The van der Waals surface area contributed by atoms with Crippen LogP contribution in [0.1, 0.15) is 19.8 Å². The molecule has 2 unspecified atom stereocenters. The van der Waals surface area contributed by atoms with E-state index in [1.807, 2.05) is 0 Å². The quantitative estimate of drug-likeness (QED) is 0.876.